The van der Waals surface area contributed by atoms with Crippen LogP contribution in [0.2, 0.25) is 5.15 Å². The number of hydrogen-bond donors (Lipinski definition) is 19. The van der Waals surface area contributed by atoms with E-state index >= 15 is 0 Å². The van der Waals surface area contributed by atoms with E-state index in [0.717, 1.165) is 32.8 Å². The quantitative estimate of drug-likeness (QED) is 0.0546. The van der Waals surface area contributed by atoms with Gasteiger partial charge < -0.3 is 116 Å². The van der Waals surface area contributed by atoms with Crippen LogP contribution in [-0.2, 0) is 110 Å². The molecule has 135 heavy (non-hydrogen) atoms. The van der Waals surface area contributed by atoms with E-state index in [-0.39, 0.29) is 84.8 Å². The number of phosphoric ester groups is 6. The summed E-state index contributed by atoms with van der Waals surface area (Å²) in [5.74, 6) is -0.853. The minimum atomic E-state index is -5.14. The van der Waals surface area contributed by atoms with Crippen LogP contribution < -0.4 is 39.6 Å². The molecular weight excluding hydrogens is 1970 g/mol. The molecule has 0 radical (unpaired) electrons. The van der Waals surface area contributed by atoms with Gasteiger partial charge in [-0.2, -0.15) is 19.6 Å². The molecule has 0 amide bonds. The van der Waals surface area contributed by atoms with Gasteiger partial charge in [-0.3, -0.25) is 102 Å². The van der Waals surface area contributed by atoms with E-state index in [1.54, 1.807) is 13.0 Å². The summed E-state index contributed by atoms with van der Waals surface area (Å²) in [6.45, 7) is -3.24. The van der Waals surface area contributed by atoms with E-state index in [1.165, 1.54) is 45.2 Å². The summed E-state index contributed by atoms with van der Waals surface area (Å²) in [6, 6.07) is 1.55. The van der Waals surface area contributed by atoms with E-state index in [9.17, 15) is 102 Å². The molecule has 21 heterocycles. The zero-order valence-corrected chi connectivity index (χ0v) is 73.6. The predicted octanol–water partition coefficient (Wildman–Crippen LogP) is -5.23. The molecule has 9 saturated heterocycles. The second-order valence-electron chi connectivity index (χ2n) is 30.5. The molecule has 6 unspecified atom stereocenters. The van der Waals surface area contributed by atoms with Crippen LogP contribution in [0.5, 0.6) is 0 Å². The van der Waals surface area contributed by atoms with Crippen molar-refractivity contribution in [3.63, 3.8) is 0 Å². The van der Waals surface area contributed by atoms with Crippen LogP contribution in [0.3, 0.4) is 0 Å². The predicted molar refractivity (Wildman–Crippen MR) is 431 cm³/mol. The van der Waals surface area contributed by atoms with Crippen molar-refractivity contribution in [2.24, 2.45) is 0 Å². The normalized spacial score (nSPS) is 37.7. The lowest BCUT2D eigenvalue weighted by Gasteiger charge is -2.25. The van der Waals surface area contributed by atoms with Gasteiger partial charge in [0.2, 0.25) is 17.8 Å². The molecule has 9 aliphatic heterocycles. The Morgan fingerprint density at radius 3 is 1.13 bits per heavy atom. The van der Waals surface area contributed by atoms with Gasteiger partial charge in [-0.25, -0.2) is 77.2 Å². The van der Waals surface area contributed by atoms with Crippen molar-refractivity contribution in [3.05, 3.63) is 98.5 Å². The molecule has 9 fully saturated rings. The third-order valence-corrected chi connectivity index (χ3v) is 28.3. The Labute approximate surface area is 749 Å². The number of anilines is 4. The van der Waals surface area contributed by atoms with Gasteiger partial charge in [-0.05, 0) is 13.0 Å². The molecule has 23 N–H and O–H groups in total. The largest absolute Gasteiger partial charge is 0.472 e. The number of H-pyrrole nitrogens is 3. The number of aromatic nitrogens is 24. The molecule has 30 atom stereocenters. The molecule has 0 saturated carbocycles. The lowest BCUT2D eigenvalue weighted by atomic mass is 10.1. The van der Waals surface area contributed by atoms with Crippen LogP contribution >= 0.6 is 58.5 Å². The molecule has 0 spiro atoms. The number of nitrogens with two attached hydrogens (primary N) is 4. The number of imidazole rings is 4. The van der Waals surface area contributed by atoms with Crippen molar-refractivity contribution in [3.8, 4) is 0 Å². The maximum Gasteiger partial charge on any atom is 0.472 e. The lowest BCUT2D eigenvalue weighted by Crippen LogP contribution is -2.36. The maximum atomic E-state index is 13.2. The smallest absolute Gasteiger partial charge is 0.387 e. The highest BCUT2D eigenvalue weighted by Crippen LogP contribution is 2.59. The van der Waals surface area contributed by atoms with Crippen molar-refractivity contribution in [2.45, 2.75) is 154 Å². The molecule has 0 aliphatic carbocycles. The molecule has 12 aromatic heterocycles. The second-order valence-corrected chi connectivity index (χ2v) is 39.3. The number of nitrogens with one attached hydrogen (secondary N) is 3. The van der Waals surface area contributed by atoms with E-state index in [0.29, 0.717) is 16.6 Å². The summed E-state index contributed by atoms with van der Waals surface area (Å²) in [6.07, 6.45) is -28.1. The van der Waals surface area contributed by atoms with E-state index in [4.69, 9.17) is 117 Å². The number of nitrogen functional groups attached to an aromatic ring is 4. The first kappa shape index (κ1) is 94.3. The van der Waals surface area contributed by atoms with Crippen LogP contribution in [0.25, 0.3) is 66.9 Å². The number of fused-ring (bicyclic) bond motifs is 15. The van der Waals surface area contributed by atoms with Crippen LogP contribution in [0, 0.1) is 6.92 Å². The Kier molecular flexibility index (Phi) is 24.9. The van der Waals surface area contributed by atoms with Crippen molar-refractivity contribution in [1.29, 1.82) is 0 Å². The van der Waals surface area contributed by atoms with Crippen LogP contribution in [-0.4, -0.2) is 327 Å². The summed E-state index contributed by atoms with van der Waals surface area (Å²) >= 11 is 6.12. The van der Waals surface area contributed by atoms with Gasteiger partial charge in [0.25, 0.3) is 16.7 Å². The number of phosphoric acid groups is 6. The number of rotatable bonds is 6. The minimum Gasteiger partial charge on any atom is -0.387 e. The van der Waals surface area contributed by atoms with Gasteiger partial charge in [0.05, 0.1) is 76.0 Å². The zero-order chi connectivity index (χ0) is 95.5. The zero-order valence-electron chi connectivity index (χ0n) is 67.4. The number of halogens is 1. The number of aliphatic hydroxyl groups excluding tert-OH is 6. The average molecular weight is 2040 g/mol. The summed E-state index contributed by atoms with van der Waals surface area (Å²) in [5, 5.41) is 74.4. The van der Waals surface area contributed by atoms with E-state index in [1.807, 2.05) is 0 Å². The fraction of sp³-hybridized carbons (Fsp3) is 0.508. The highest BCUT2D eigenvalue weighted by Gasteiger charge is 2.59. The Morgan fingerprint density at radius 2 is 0.689 bits per heavy atom. The molecule has 12 aromatic rings. The molecule has 0 aromatic carbocycles. The van der Waals surface area contributed by atoms with E-state index in [2.05, 4.69) is 90.1 Å². The van der Waals surface area contributed by atoms with Gasteiger partial charge in [-0.15, -0.1) is 5.10 Å². The Balaban J connectivity index is 0.000000130. The summed E-state index contributed by atoms with van der Waals surface area (Å²) < 4.78 is 183. The number of aliphatic hydroxyl groups is 6. The molecule has 726 valence electrons. The fourth-order valence-corrected chi connectivity index (χ4v) is 21.8. The SMILES string of the molecule is Cc1ncnc2c1ncn2[C@@H]1O[C@@H]2COP(=O)(O)O[C@@H]3[C@H](O)[C@@H](COP(=O)(O)O[C@H]2[C@H]1O)O[C@H]3n1cnc2c(=O)[nH]c(N)nc21.Nc1nc2c(ncn2[C@@H]2O[C@@H]3COP(=O)(O)O[C@H]4[C@@H](O)[C@H](n5ccc6c(Cl)ncnc65)O[C@@H]4COP(=O)(O)O[C@@H]2[C@@H]3O)c(=O)[nH]1.Nc1nc2c(nnn2[C@@H]2O[C@@H]3COP(=O)(O)O[C@H]4[C@@H](O)[C@H](n5cnc6c(N)ncnc65)O[C@@H]4COP(=O)(O)O[C@@H]2[C@@H]3O)c(=O)[nH]1. The summed E-state index contributed by atoms with van der Waals surface area (Å²) in [4.78, 5) is 160. The van der Waals surface area contributed by atoms with Gasteiger partial charge in [0.15, 0.2) is 88.0 Å². The lowest BCUT2D eigenvalue weighted by molar-refractivity contribution is -0.0708. The van der Waals surface area contributed by atoms with Crippen molar-refractivity contribution in [2.75, 3.05) is 62.6 Å². The topological polar surface area (TPSA) is 937 Å². The Morgan fingerprint density at radius 1 is 0.363 bits per heavy atom. The first-order valence-corrected chi connectivity index (χ1v) is 48.4. The Hall–Kier alpha value is -9.63. The molecule has 21 rings (SSSR count). The first-order chi connectivity index (χ1) is 63.9. The number of nitrogens with zero attached hydrogens (tertiary/aromatic N) is 21. The molecule has 6 bridgehead atoms. The van der Waals surface area contributed by atoms with Crippen molar-refractivity contribution >= 4 is 149 Å². The number of ether oxygens (including phenoxy) is 6. The molecule has 9 aliphatic rings. The molecule has 67 nitrogen and oxygen atoms in total. The standard InChI is InChI=1S/C21H23ClN8O13P2.C21H25N9O13P2.C19H23N11O13P2/c22-15-7-1-2-29(16(7)25-5-24-15)19-12(32)13-9(41-19)4-39-45(36,37)43-14-11(31)8(3-38-44(34,35)42-13)40-20(14)30-6-26-10-17(30)27-21(23)28-18(10)33;1-7-10-16(24-4-23-7)29(5-25-10)19-13(32)14-9(41-19)3-39-45(36,37)43-15-12(31)8(2-38-44(34,35)42-14)40-20(15)30-6-26-11-17(30)27-21(22)28-18(11)33;20-13-7-14(23-3-22-13)29(4-24-7)17-10(32)11-6(41-17)2-39-45(36,37)43-12-9(31)5(1-38-44(34,35)42-11)40-18(12)30-15-8(27-28-30)16(33)26-19(21)25-15/h1-2,5-6,8-9,11-14,19-20,31-32H,3-4H2,(H,34,35)(H,36,37)(H3,23,27,28,33);4-6,8-9,12-15,19-20,31-32H,2-3H2,1H3,(H,34,35)(H,36,37)(H3,22,27,28,33);3-6,9-12,17-18,31-32H,1-2H2,(H,34,35)(H,36,37)(H2,20,22,23)(H3,21,25,26,33)/t8-,9-,11-,12-,13-,14-,19-,20-;8-,9-,12-,13-,14-,15-,19-,20-;5-,6-,9-,10-,11-,12-,17-,18-/m111/s1. The number of hydrogen-bond acceptors (Lipinski definition) is 52. The second kappa shape index (κ2) is 35.7. The van der Waals surface area contributed by atoms with Crippen molar-refractivity contribution < 1.29 is 170 Å². The highest BCUT2D eigenvalue weighted by molar-refractivity contribution is 7.48. The van der Waals surface area contributed by atoms with Crippen LogP contribution in [0.1, 0.15) is 43.1 Å². The molecular formula is C61H71ClN28O39P6. The maximum absolute atomic E-state index is 13.2. The van der Waals surface area contributed by atoms with Gasteiger partial charge >= 0.3 is 46.9 Å². The van der Waals surface area contributed by atoms with Gasteiger partial charge in [0.1, 0.15) is 151 Å². The first-order valence-electron chi connectivity index (χ1n) is 39.0. The fourth-order valence-electron chi connectivity index (χ4n) is 15.9. The van der Waals surface area contributed by atoms with E-state index < -0.39 is 250 Å². The summed E-state index contributed by atoms with van der Waals surface area (Å²) in [5.41, 5.74) is 21.2. The Bertz CT molecular complexity index is 6460. The van der Waals surface area contributed by atoms with Gasteiger partial charge in [0, 0.05) is 6.20 Å². The summed E-state index contributed by atoms with van der Waals surface area (Å²) in [7, 11) is -30.5. The molecule has 74 heteroatoms. The van der Waals surface area contributed by atoms with Crippen LogP contribution in [0.15, 0.2) is 70.9 Å². The highest BCUT2D eigenvalue weighted by atomic mass is 35.5. The average Bonchev–Trinajstić information content (AvgIpc) is 1.63. The van der Waals surface area contributed by atoms with Crippen molar-refractivity contribution in [1.82, 2.24) is 118 Å². The number of aromatic amines is 3. The van der Waals surface area contributed by atoms with Crippen LogP contribution in [0.4, 0.5) is 23.7 Å². The number of aryl methyl sites for hydroxylation is 1. The third-order valence-electron chi connectivity index (χ3n) is 22.1. The van der Waals surface area contributed by atoms with Gasteiger partial charge in [-0.1, -0.05) is 16.8 Å². The third kappa shape index (κ3) is 18.1. The minimum absolute atomic E-state index is 0.0299. The monoisotopic (exact) mass is 2040 g/mol.